The van der Waals surface area contributed by atoms with Gasteiger partial charge in [-0.25, -0.2) is 12.7 Å². The fourth-order valence-corrected chi connectivity index (χ4v) is 2.34. The highest BCUT2D eigenvalue weighted by Crippen LogP contribution is 2.14. The van der Waals surface area contributed by atoms with E-state index in [1.54, 1.807) is 24.3 Å². The van der Waals surface area contributed by atoms with Gasteiger partial charge in [0.2, 0.25) is 10.0 Å². The molecule has 0 saturated carbocycles. The van der Waals surface area contributed by atoms with E-state index in [1.807, 2.05) is 0 Å². The molecule has 0 saturated heterocycles. The molecule has 0 fully saturated rings. The normalized spacial score (nSPS) is 12.0. The maximum Gasteiger partial charge on any atom is 0.242 e. The SMILES string of the molecule is CN(C)S(=O)(=O)c1ccc(COCCBr)cc1. The molecule has 0 amide bonds. The van der Waals surface area contributed by atoms with E-state index in [2.05, 4.69) is 15.9 Å². The maximum absolute atomic E-state index is 11.8. The number of halogens is 1. The molecule has 0 aliphatic rings. The van der Waals surface area contributed by atoms with E-state index in [1.165, 1.54) is 18.4 Å². The van der Waals surface area contributed by atoms with Crippen LogP contribution in [0.3, 0.4) is 0 Å². The fraction of sp³-hybridized carbons (Fsp3) is 0.455. The third-order valence-electron chi connectivity index (χ3n) is 2.19. The molecule has 1 aromatic rings. The molecule has 0 heterocycles. The molecular formula is C11H16BrNO3S. The number of alkyl halides is 1. The molecule has 0 atom stereocenters. The monoisotopic (exact) mass is 321 g/mol. The number of benzene rings is 1. The molecule has 0 aliphatic heterocycles. The van der Waals surface area contributed by atoms with Crippen molar-refractivity contribution in [2.24, 2.45) is 0 Å². The van der Waals surface area contributed by atoms with Gasteiger partial charge in [-0.1, -0.05) is 28.1 Å². The topological polar surface area (TPSA) is 46.6 Å². The van der Waals surface area contributed by atoms with Crippen LogP contribution in [0, 0.1) is 0 Å². The van der Waals surface area contributed by atoms with Crippen molar-refractivity contribution in [3.63, 3.8) is 0 Å². The fourth-order valence-electron chi connectivity index (χ4n) is 1.21. The Morgan fingerprint density at radius 2 is 1.82 bits per heavy atom. The minimum atomic E-state index is -3.33. The quantitative estimate of drug-likeness (QED) is 0.593. The zero-order valence-electron chi connectivity index (χ0n) is 9.89. The van der Waals surface area contributed by atoms with Crippen molar-refractivity contribution in [1.29, 1.82) is 0 Å². The van der Waals surface area contributed by atoms with Crippen molar-refractivity contribution in [1.82, 2.24) is 4.31 Å². The molecule has 1 rings (SSSR count). The van der Waals surface area contributed by atoms with Gasteiger partial charge in [0.1, 0.15) is 0 Å². The zero-order chi connectivity index (χ0) is 12.9. The Morgan fingerprint density at radius 1 is 1.24 bits per heavy atom. The largest absolute Gasteiger partial charge is 0.376 e. The lowest BCUT2D eigenvalue weighted by atomic mass is 10.2. The van der Waals surface area contributed by atoms with E-state index >= 15 is 0 Å². The summed E-state index contributed by atoms with van der Waals surface area (Å²) in [6.45, 7) is 1.13. The molecule has 0 radical (unpaired) electrons. The predicted molar refractivity (Wildman–Crippen MR) is 70.8 cm³/mol. The highest BCUT2D eigenvalue weighted by molar-refractivity contribution is 9.09. The van der Waals surface area contributed by atoms with Crippen LogP contribution < -0.4 is 0 Å². The summed E-state index contributed by atoms with van der Waals surface area (Å²) in [6.07, 6.45) is 0. The number of hydrogen-bond acceptors (Lipinski definition) is 3. The van der Waals surface area contributed by atoms with E-state index in [9.17, 15) is 8.42 Å². The molecule has 0 aliphatic carbocycles. The summed E-state index contributed by atoms with van der Waals surface area (Å²) < 4.78 is 30.1. The van der Waals surface area contributed by atoms with Crippen LogP contribution in [0.15, 0.2) is 29.2 Å². The summed E-state index contributed by atoms with van der Waals surface area (Å²) in [4.78, 5) is 0.298. The van der Waals surface area contributed by atoms with Crippen molar-refractivity contribution < 1.29 is 13.2 Å². The van der Waals surface area contributed by atoms with Crippen molar-refractivity contribution in [2.75, 3.05) is 26.0 Å². The Bertz CT molecular complexity index is 442. The van der Waals surface area contributed by atoms with Gasteiger partial charge in [0, 0.05) is 19.4 Å². The van der Waals surface area contributed by atoms with E-state index in [4.69, 9.17) is 4.74 Å². The van der Waals surface area contributed by atoms with Gasteiger partial charge in [0.15, 0.2) is 0 Å². The molecule has 17 heavy (non-hydrogen) atoms. The number of sulfonamides is 1. The lowest BCUT2D eigenvalue weighted by Gasteiger charge is -2.11. The smallest absolute Gasteiger partial charge is 0.242 e. The van der Waals surface area contributed by atoms with E-state index in [-0.39, 0.29) is 0 Å². The number of ether oxygens (including phenoxy) is 1. The van der Waals surface area contributed by atoms with Crippen molar-refractivity contribution >= 4 is 26.0 Å². The molecule has 96 valence electrons. The van der Waals surface area contributed by atoms with Crippen LogP contribution in [0.4, 0.5) is 0 Å². The number of rotatable bonds is 6. The van der Waals surface area contributed by atoms with Crippen LogP contribution in [0.25, 0.3) is 0 Å². The Labute approximate surface area is 111 Å². The molecule has 0 N–H and O–H groups in total. The van der Waals surface area contributed by atoms with Gasteiger partial charge in [-0.3, -0.25) is 0 Å². The summed E-state index contributed by atoms with van der Waals surface area (Å²) in [5, 5.41) is 0.792. The summed E-state index contributed by atoms with van der Waals surface area (Å²) in [5.74, 6) is 0. The average molecular weight is 322 g/mol. The first-order valence-corrected chi connectivity index (χ1v) is 7.70. The minimum Gasteiger partial charge on any atom is -0.376 e. The van der Waals surface area contributed by atoms with Crippen LogP contribution in [-0.4, -0.2) is 38.8 Å². The van der Waals surface area contributed by atoms with Crippen LogP contribution in [0.1, 0.15) is 5.56 Å². The minimum absolute atomic E-state index is 0.298. The summed E-state index contributed by atoms with van der Waals surface area (Å²) in [5.41, 5.74) is 0.962. The third kappa shape index (κ3) is 4.06. The lowest BCUT2D eigenvalue weighted by molar-refractivity contribution is 0.137. The Hall–Kier alpha value is -0.430. The lowest BCUT2D eigenvalue weighted by Crippen LogP contribution is -2.22. The van der Waals surface area contributed by atoms with Gasteiger partial charge in [-0.05, 0) is 17.7 Å². The molecule has 6 heteroatoms. The van der Waals surface area contributed by atoms with Crippen LogP contribution in [-0.2, 0) is 21.4 Å². The van der Waals surface area contributed by atoms with Crippen LogP contribution in [0.2, 0.25) is 0 Å². The number of nitrogens with zero attached hydrogens (tertiary/aromatic N) is 1. The van der Waals surface area contributed by atoms with Crippen molar-refractivity contribution in [3.05, 3.63) is 29.8 Å². The summed E-state index contributed by atoms with van der Waals surface area (Å²) in [7, 11) is -0.301. The van der Waals surface area contributed by atoms with E-state index in [0.717, 1.165) is 10.9 Å². The van der Waals surface area contributed by atoms with E-state index in [0.29, 0.717) is 18.1 Å². The molecule has 4 nitrogen and oxygen atoms in total. The predicted octanol–water partition coefficient (Wildman–Crippen LogP) is 1.85. The van der Waals surface area contributed by atoms with Gasteiger partial charge >= 0.3 is 0 Å². The van der Waals surface area contributed by atoms with E-state index < -0.39 is 10.0 Å². The molecular weight excluding hydrogens is 306 g/mol. The first-order chi connectivity index (χ1) is 7.98. The van der Waals surface area contributed by atoms with Gasteiger partial charge < -0.3 is 4.74 Å². The Morgan fingerprint density at radius 3 is 2.29 bits per heavy atom. The number of hydrogen-bond donors (Lipinski definition) is 0. The maximum atomic E-state index is 11.8. The third-order valence-corrected chi connectivity index (χ3v) is 4.35. The molecule has 0 aromatic heterocycles. The second-order valence-corrected chi connectivity index (χ2v) is 6.62. The molecule has 0 spiro atoms. The second-order valence-electron chi connectivity index (χ2n) is 3.67. The molecule has 0 bridgehead atoms. The highest BCUT2D eigenvalue weighted by atomic mass is 79.9. The van der Waals surface area contributed by atoms with Crippen molar-refractivity contribution in [2.45, 2.75) is 11.5 Å². The summed E-state index contributed by atoms with van der Waals surface area (Å²) in [6, 6.07) is 6.74. The zero-order valence-corrected chi connectivity index (χ0v) is 12.3. The average Bonchev–Trinajstić information content (AvgIpc) is 2.30. The first kappa shape index (κ1) is 14.6. The molecule has 1 aromatic carbocycles. The van der Waals surface area contributed by atoms with Gasteiger partial charge in [0.25, 0.3) is 0 Å². The Kier molecular flexibility index (Phi) is 5.58. The molecule has 0 unspecified atom stereocenters. The first-order valence-electron chi connectivity index (χ1n) is 5.13. The second kappa shape index (κ2) is 6.49. The van der Waals surface area contributed by atoms with Gasteiger partial charge in [-0.2, -0.15) is 0 Å². The van der Waals surface area contributed by atoms with Crippen LogP contribution >= 0.6 is 15.9 Å². The Balaban J connectivity index is 2.75. The van der Waals surface area contributed by atoms with Crippen molar-refractivity contribution in [3.8, 4) is 0 Å². The standard InChI is InChI=1S/C11H16BrNO3S/c1-13(2)17(14,15)11-5-3-10(4-6-11)9-16-8-7-12/h3-6H,7-9H2,1-2H3. The van der Waals surface area contributed by atoms with Gasteiger partial charge in [0.05, 0.1) is 18.1 Å². The summed E-state index contributed by atoms with van der Waals surface area (Å²) >= 11 is 3.27. The highest BCUT2D eigenvalue weighted by Gasteiger charge is 2.16. The van der Waals surface area contributed by atoms with Gasteiger partial charge in [-0.15, -0.1) is 0 Å². The van der Waals surface area contributed by atoms with Crippen LogP contribution in [0.5, 0.6) is 0 Å².